The molecule has 0 fully saturated rings. The number of carbonyl (C=O) groups excluding carboxylic acids is 1. The van der Waals surface area contributed by atoms with Crippen LogP contribution in [0, 0.1) is 0 Å². The maximum absolute atomic E-state index is 11.5. The van der Waals surface area contributed by atoms with Crippen LogP contribution in [0.4, 0.5) is 5.95 Å². The summed E-state index contributed by atoms with van der Waals surface area (Å²) >= 11 is 5.75. The molecule has 1 aromatic rings. The predicted molar refractivity (Wildman–Crippen MR) is 74.0 cm³/mol. The number of carbonyl (C=O) groups is 1. The lowest BCUT2D eigenvalue weighted by molar-refractivity contribution is -0.119. The Morgan fingerprint density at radius 2 is 2.10 bits per heavy atom. The molecule has 0 aliphatic rings. The van der Waals surface area contributed by atoms with Crippen molar-refractivity contribution in [3.05, 3.63) is 5.28 Å². The highest BCUT2D eigenvalue weighted by molar-refractivity contribution is 6.28. The zero-order valence-corrected chi connectivity index (χ0v) is 12.2. The fourth-order valence-corrected chi connectivity index (χ4v) is 1.34. The Morgan fingerprint density at radius 3 is 2.80 bits per heavy atom. The summed E-state index contributed by atoms with van der Waals surface area (Å²) in [6.07, 6.45) is 0.827. The predicted octanol–water partition coefficient (Wildman–Crippen LogP) is 0.488. The van der Waals surface area contributed by atoms with Crippen molar-refractivity contribution in [1.82, 2.24) is 20.3 Å². The highest BCUT2D eigenvalue weighted by atomic mass is 35.5. The van der Waals surface area contributed by atoms with Crippen molar-refractivity contribution >= 4 is 23.5 Å². The van der Waals surface area contributed by atoms with Gasteiger partial charge in [0.2, 0.25) is 17.1 Å². The van der Waals surface area contributed by atoms with Gasteiger partial charge in [0, 0.05) is 13.7 Å². The quantitative estimate of drug-likeness (QED) is 0.640. The standard InChI is InChI=1S/C11H18ClN5O3/c1-3-5-20-11-16-9(12)15-10(17-11)14-7-8(18)13-4-6-19-2/h3-7H2,1-2H3,(H,13,18)(H,14,15,16,17). The van der Waals surface area contributed by atoms with Crippen LogP contribution in [0.3, 0.4) is 0 Å². The molecule has 0 aliphatic carbocycles. The van der Waals surface area contributed by atoms with Crippen LogP contribution >= 0.6 is 11.6 Å². The van der Waals surface area contributed by atoms with Crippen LogP contribution in [0.5, 0.6) is 6.01 Å². The van der Waals surface area contributed by atoms with Crippen molar-refractivity contribution in [2.24, 2.45) is 0 Å². The zero-order chi connectivity index (χ0) is 14.8. The van der Waals surface area contributed by atoms with Crippen molar-refractivity contribution in [3.63, 3.8) is 0 Å². The molecule has 20 heavy (non-hydrogen) atoms. The Labute approximate surface area is 122 Å². The van der Waals surface area contributed by atoms with E-state index in [1.807, 2.05) is 6.92 Å². The maximum Gasteiger partial charge on any atom is 0.322 e. The number of methoxy groups -OCH3 is 1. The molecule has 8 nitrogen and oxygen atoms in total. The van der Waals surface area contributed by atoms with Crippen LogP contribution in [0.1, 0.15) is 13.3 Å². The molecule has 1 aromatic heterocycles. The fraction of sp³-hybridized carbons (Fsp3) is 0.636. The van der Waals surface area contributed by atoms with Gasteiger partial charge >= 0.3 is 6.01 Å². The van der Waals surface area contributed by atoms with Crippen molar-refractivity contribution in [2.75, 3.05) is 38.7 Å². The summed E-state index contributed by atoms with van der Waals surface area (Å²) in [6, 6.07) is 0.133. The highest BCUT2D eigenvalue weighted by Crippen LogP contribution is 2.11. The summed E-state index contributed by atoms with van der Waals surface area (Å²) < 4.78 is 10.1. The number of anilines is 1. The van der Waals surface area contributed by atoms with Gasteiger partial charge in [-0.25, -0.2) is 0 Å². The van der Waals surface area contributed by atoms with Crippen molar-refractivity contribution in [2.45, 2.75) is 13.3 Å². The second kappa shape index (κ2) is 9.27. The van der Waals surface area contributed by atoms with Crippen LogP contribution in [-0.2, 0) is 9.53 Å². The first kappa shape index (κ1) is 16.4. The molecule has 0 atom stereocenters. The van der Waals surface area contributed by atoms with E-state index >= 15 is 0 Å². The molecule has 9 heteroatoms. The monoisotopic (exact) mass is 303 g/mol. The number of hydrogen-bond donors (Lipinski definition) is 2. The first-order valence-electron chi connectivity index (χ1n) is 6.19. The van der Waals surface area contributed by atoms with Gasteiger partial charge < -0.3 is 20.1 Å². The Morgan fingerprint density at radius 1 is 1.30 bits per heavy atom. The van der Waals surface area contributed by atoms with E-state index in [1.165, 1.54) is 0 Å². The number of nitrogens with one attached hydrogen (secondary N) is 2. The van der Waals surface area contributed by atoms with Gasteiger partial charge in [-0.05, 0) is 18.0 Å². The largest absolute Gasteiger partial charge is 0.463 e. The van der Waals surface area contributed by atoms with Gasteiger partial charge in [0.05, 0.1) is 19.8 Å². The molecule has 0 radical (unpaired) electrons. The lowest BCUT2D eigenvalue weighted by atomic mass is 10.5. The van der Waals surface area contributed by atoms with Crippen LogP contribution in [-0.4, -0.2) is 54.3 Å². The van der Waals surface area contributed by atoms with E-state index in [9.17, 15) is 4.79 Å². The molecular weight excluding hydrogens is 286 g/mol. The van der Waals surface area contributed by atoms with Crippen molar-refractivity contribution in [1.29, 1.82) is 0 Å². The van der Waals surface area contributed by atoms with Gasteiger partial charge in [-0.2, -0.15) is 15.0 Å². The summed E-state index contributed by atoms with van der Waals surface area (Å²) in [5.41, 5.74) is 0. The molecule has 0 aliphatic heterocycles. The summed E-state index contributed by atoms with van der Waals surface area (Å²) in [5, 5.41) is 5.41. The average molecular weight is 304 g/mol. The minimum atomic E-state index is -0.199. The molecule has 1 amide bonds. The topological polar surface area (TPSA) is 98.3 Å². The second-order valence-corrected chi connectivity index (χ2v) is 4.09. The Hall–Kier alpha value is -1.67. The minimum absolute atomic E-state index is 0.00777. The maximum atomic E-state index is 11.5. The molecule has 0 saturated heterocycles. The average Bonchev–Trinajstić information content (AvgIpc) is 2.43. The van der Waals surface area contributed by atoms with Crippen molar-refractivity contribution in [3.8, 4) is 6.01 Å². The molecule has 2 N–H and O–H groups in total. The molecule has 112 valence electrons. The summed E-state index contributed by atoms with van der Waals surface area (Å²) in [7, 11) is 1.56. The van der Waals surface area contributed by atoms with Crippen molar-refractivity contribution < 1.29 is 14.3 Å². The third-order valence-corrected chi connectivity index (χ3v) is 2.23. The van der Waals surface area contributed by atoms with Crippen LogP contribution < -0.4 is 15.4 Å². The van der Waals surface area contributed by atoms with Gasteiger partial charge in [-0.1, -0.05) is 6.92 Å². The van der Waals surface area contributed by atoms with E-state index in [1.54, 1.807) is 7.11 Å². The van der Waals surface area contributed by atoms with Crippen LogP contribution in [0.25, 0.3) is 0 Å². The van der Waals surface area contributed by atoms with Gasteiger partial charge in [-0.3, -0.25) is 4.79 Å². The number of nitrogens with zero attached hydrogens (tertiary/aromatic N) is 3. The first-order valence-corrected chi connectivity index (χ1v) is 6.57. The molecule has 0 aromatic carbocycles. The van der Waals surface area contributed by atoms with Crippen LogP contribution in [0.15, 0.2) is 0 Å². The van der Waals surface area contributed by atoms with E-state index in [0.717, 1.165) is 6.42 Å². The smallest absolute Gasteiger partial charge is 0.322 e. The van der Waals surface area contributed by atoms with Gasteiger partial charge in [0.25, 0.3) is 0 Å². The molecule has 0 bridgehead atoms. The molecule has 1 rings (SSSR count). The minimum Gasteiger partial charge on any atom is -0.463 e. The second-order valence-electron chi connectivity index (χ2n) is 3.76. The molecule has 1 heterocycles. The highest BCUT2D eigenvalue weighted by Gasteiger charge is 2.07. The molecule has 0 saturated carbocycles. The third kappa shape index (κ3) is 6.48. The normalized spacial score (nSPS) is 10.2. The Balaban J connectivity index is 2.46. The van der Waals surface area contributed by atoms with Crippen LogP contribution in [0.2, 0.25) is 5.28 Å². The third-order valence-electron chi connectivity index (χ3n) is 2.06. The van der Waals surface area contributed by atoms with Gasteiger partial charge in [0.15, 0.2) is 0 Å². The van der Waals surface area contributed by atoms with Gasteiger partial charge in [0.1, 0.15) is 0 Å². The SMILES string of the molecule is CCCOc1nc(Cl)nc(NCC(=O)NCCOC)n1. The first-order chi connectivity index (χ1) is 9.65. The number of ether oxygens (including phenoxy) is 2. The number of amides is 1. The number of aromatic nitrogens is 3. The van der Waals surface area contributed by atoms with E-state index in [4.69, 9.17) is 21.1 Å². The molecule has 0 spiro atoms. The number of hydrogen-bond acceptors (Lipinski definition) is 7. The molecular formula is C11H18ClN5O3. The zero-order valence-electron chi connectivity index (χ0n) is 11.5. The lowest BCUT2D eigenvalue weighted by Crippen LogP contribution is -2.32. The summed E-state index contributed by atoms with van der Waals surface area (Å²) in [6.45, 7) is 3.37. The Kier molecular flexibility index (Phi) is 7.59. The summed E-state index contributed by atoms with van der Waals surface area (Å²) in [4.78, 5) is 23.1. The van der Waals surface area contributed by atoms with E-state index in [-0.39, 0.29) is 29.7 Å². The number of rotatable bonds is 9. The Bertz CT molecular complexity index is 433. The molecule has 0 unspecified atom stereocenters. The van der Waals surface area contributed by atoms with E-state index in [2.05, 4.69) is 25.6 Å². The number of halogens is 1. The lowest BCUT2D eigenvalue weighted by Gasteiger charge is -2.08. The summed E-state index contributed by atoms with van der Waals surface area (Å²) in [5.74, 6) is -0.00685. The van der Waals surface area contributed by atoms with Gasteiger partial charge in [-0.15, -0.1) is 0 Å². The van der Waals surface area contributed by atoms with E-state index in [0.29, 0.717) is 19.8 Å². The fourth-order valence-electron chi connectivity index (χ4n) is 1.18. The van der Waals surface area contributed by atoms with E-state index < -0.39 is 0 Å².